The number of carbonyl (C=O) groups is 1. The first kappa shape index (κ1) is 24.6. The first-order valence-corrected chi connectivity index (χ1v) is 12.4. The zero-order valence-corrected chi connectivity index (χ0v) is 20.7. The van der Waals surface area contributed by atoms with Crippen molar-refractivity contribution in [2.45, 2.75) is 45.3 Å². The molecule has 1 amide bonds. The summed E-state index contributed by atoms with van der Waals surface area (Å²) in [4.78, 5) is 16.6. The monoisotopic (exact) mass is 477 g/mol. The summed E-state index contributed by atoms with van der Waals surface area (Å²) in [6, 6.07) is 16.4. The molecule has 35 heavy (non-hydrogen) atoms. The van der Waals surface area contributed by atoms with E-state index in [-0.39, 0.29) is 18.6 Å². The summed E-state index contributed by atoms with van der Waals surface area (Å²) in [6.45, 7) is 5.29. The summed E-state index contributed by atoms with van der Waals surface area (Å²) in [6.07, 6.45) is 8.27. The van der Waals surface area contributed by atoms with E-state index in [4.69, 9.17) is 9.47 Å². The standard InChI is InChI=1S/C20H27N5O3.C7H8/c1-27-18-7-6-16(14-19(18)28-17-4-2-3-5-17)23-10-12-24(13-11-23)20(26)15-25-9-8-21-22-25;1-7-5-3-2-4-6-7/h6-9,14,17H,2-5,10-13,15H2,1H3;2-6H,1H3. The Bertz CT molecular complexity index is 1040. The van der Waals surface area contributed by atoms with Crippen molar-refractivity contribution in [2.24, 2.45) is 0 Å². The lowest BCUT2D eigenvalue weighted by atomic mass is 10.2. The van der Waals surface area contributed by atoms with Crippen LogP contribution < -0.4 is 14.4 Å². The molecule has 2 aromatic carbocycles. The summed E-state index contributed by atoms with van der Waals surface area (Å²) in [5.74, 6) is 1.67. The van der Waals surface area contributed by atoms with E-state index >= 15 is 0 Å². The van der Waals surface area contributed by atoms with Crippen molar-refractivity contribution in [2.75, 3.05) is 38.2 Å². The van der Waals surface area contributed by atoms with Crippen molar-refractivity contribution < 1.29 is 14.3 Å². The van der Waals surface area contributed by atoms with Crippen molar-refractivity contribution in [3.63, 3.8) is 0 Å². The van der Waals surface area contributed by atoms with Crippen LogP contribution in [0.15, 0.2) is 60.9 Å². The molecule has 1 aliphatic heterocycles. The maximum absolute atomic E-state index is 12.4. The molecule has 1 saturated carbocycles. The third-order valence-corrected chi connectivity index (χ3v) is 6.45. The van der Waals surface area contributed by atoms with Crippen LogP contribution >= 0.6 is 0 Å². The maximum atomic E-state index is 12.4. The summed E-state index contributed by atoms with van der Waals surface area (Å²) in [5, 5.41) is 7.61. The minimum atomic E-state index is 0.0742. The van der Waals surface area contributed by atoms with Gasteiger partial charge in [-0.05, 0) is 44.7 Å². The van der Waals surface area contributed by atoms with Crippen LogP contribution in [-0.4, -0.2) is 65.2 Å². The Morgan fingerprint density at radius 3 is 2.34 bits per heavy atom. The smallest absolute Gasteiger partial charge is 0.244 e. The first-order valence-electron chi connectivity index (χ1n) is 12.4. The molecule has 0 bridgehead atoms. The van der Waals surface area contributed by atoms with Gasteiger partial charge >= 0.3 is 0 Å². The molecule has 8 heteroatoms. The maximum Gasteiger partial charge on any atom is 0.244 e. The number of aromatic nitrogens is 3. The van der Waals surface area contributed by atoms with Crippen LogP contribution in [0.5, 0.6) is 11.5 Å². The molecule has 1 aliphatic carbocycles. The van der Waals surface area contributed by atoms with Crippen LogP contribution in [0.25, 0.3) is 0 Å². The van der Waals surface area contributed by atoms with Crippen molar-refractivity contribution in [1.82, 2.24) is 19.9 Å². The molecule has 2 fully saturated rings. The Morgan fingerprint density at radius 1 is 1.00 bits per heavy atom. The fourth-order valence-corrected chi connectivity index (χ4v) is 4.44. The molecule has 0 unspecified atom stereocenters. The molecule has 0 atom stereocenters. The van der Waals surface area contributed by atoms with Crippen molar-refractivity contribution in [1.29, 1.82) is 0 Å². The van der Waals surface area contributed by atoms with Gasteiger partial charge in [-0.15, -0.1) is 5.10 Å². The number of carbonyl (C=O) groups excluding carboxylic acids is 1. The second kappa shape index (κ2) is 12.2. The predicted molar refractivity (Wildman–Crippen MR) is 136 cm³/mol. The number of benzene rings is 2. The van der Waals surface area contributed by atoms with Crippen LogP contribution in [0.2, 0.25) is 0 Å². The number of amides is 1. The first-order chi connectivity index (χ1) is 17.1. The van der Waals surface area contributed by atoms with E-state index in [1.165, 1.54) is 18.4 Å². The summed E-state index contributed by atoms with van der Waals surface area (Å²) >= 11 is 0. The van der Waals surface area contributed by atoms with Crippen LogP contribution in [0.4, 0.5) is 5.69 Å². The van der Waals surface area contributed by atoms with Crippen LogP contribution in [0, 0.1) is 6.92 Å². The van der Waals surface area contributed by atoms with Gasteiger partial charge < -0.3 is 19.3 Å². The van der Waals surface area contributed by atoms with E-state index in [9.17, 15) is 4.79 Å². The van der Waals surface area contributed by atoms with Gasteiger partial charge in [0, 0.05) is 44.1 Å². The highest BCUT2D eigenvalue weighted by atomic mass is 16.5. The molecule has 0 radical (unpaired) electrons. The number of methoxy groups -OCH3 is 1. The Labute approximate surface area is 207 Å². The van der Waals surface area contributed by atoms with E-state index in [0.717, 1.165) is 43.1 Å². The fourth-order valence-electron chi connectivity index (χ4n) is 4.44. The van der Waals surface area contributed by atoms with Gasteiger partial charge in [-0.1, -0.05) is 41.1 Å². The van der Waals surface area contributed by atoms with E-state index in [1.54, 1.807) is 24.2 Å². The topological polar surface area (TPSA) is 72.7 Å². The lowest BCUT2D eigenvalue weighted by Crippen LogP contribution is -2.49. The molecule has 1 saturated heterocycles. The highest BCUT2D eigenvalue weighted by Gasteiger charge is 2.23. The van der Waals surface area contributed by atoms with Crippen LogP contribution in [0.3, 0.4) is 0 Å². The molecule has 3 aromatic rings. The quantitative estimate of drug-likeness (QED) is 0.535. The highest BCUT2D eigenvalue weighted by molar-refractivity contribution is 5.76. The minimum Gasteiger partial charge on any atom is -0.493 e. The van der Waals surface area contributed by atoms with Gasteiger partial charge in [-0.25, -0.2) is 4.68 Å². The van der Waals surface area contributed by atoms with Gasteiger partial charge in [-0.3, -0.25) is 4.79 Å². The van der Waals surface area contributed by atoms with Crippen molar-refractivity contribution >= 4 is 11.6 Å². The van der Waals surface area contributed by atoms with E-state index < -0.39 is 0 Å². The normalized spacial score (nSPS) is 15.9. The molecule has 0 N–H and O–H groups in total. The molecular weight excluding hydrogens is 442 g/mol. The minimum absolute atomic E-state index is 0.0742. The van der Waals surface area contributed by atoms with Gasteiger partial charge in [0.15, 0.2) is 11.5 Å². The molecule has 0 spiro atoms. The Balaban J connectivity index is 0.000000356. The Kier molecular flexibility index (Phi) is 8.59. The summed E-state index contributed by atoms with van der Waals surface area (Å²) in [7, 11) is 1.68. The molecule has 2 heterocycles. The second-order valence-electron chi connectivity index (χ2n) is 8.98. The lowest BCUT2D eigenvalue weighted by molar-refractivity contribution is -0.132. The fraction of sp³-hybridized carbons (Fsp3) is 0.444. The molecule has 186 valence electrons. The van der Waals surface area contributed by atoms with Gasteiger partial charge in [0.25, 0.3) is 0 Å². The molecule has 2 aliphatic rings. The van der Waals surface area contributed by atoms with Crippen molar-refractivity contribution in [3.05, 3.63) is 66.5 Å². The molecule has 8 nitrogen and oxygen atoms in total. The lowest BCUT2D eigenvalue weighted by Gasteiger charge is -2.36. The van der Waals surface area contributed by atoms with Gasteiger partial charge in [0.2, 0.25) is 5.91 Å². The van der Waals surface area contributed by atoms with E-state index in [1.807, 2.05) is 29.2 Å². The zero-order valence-electron chi connectivity index (χ0n) is 20.7. The second-order valence-corrected chi connectivity index (χ2v) is 8.98. The zero-order chi connectivity index (χ0) is 24.5. The van der Waals surface area contributed by atoms with E-state index in [0.29, 0.717) is 13.1 Å². The molecular formula is C27H35N5O3. The van der Waals surface area contributed by atoms with Crippen molar-refractivity contribution in [3.8, 4) is 11.5 Å². The Morgan fingerprint density at radius 2 is 1.74 bits per heavy atom. The molecule has 5 rings (SSSR count). The number of aryl methyl sites for hydroxylation is 1. The van der Waals surface area contributed by atoms with E-state index in [2.05, 4.69) is 46.4 Å². The average molecular weight is 478 g/mol. The Hall–Kier alpha value is -3.55. The number of anilines is 1. The van der Waals surface area contributed by atoms with Gasteiger partial charge in [-0.2, -0.15) is 0 Å². The predicted octanol–water partition coefficient (Wildman–Crippen LogP) is 3.95. The number of nitrogens with zero attached hydrogens (tertiary/aromatic N) is 5. The SMILES string of the molecule is COc1ccc(N2CCN(C(=O)Cn3ccnn3)CC2)cc1OC1CCCC1.Cc1ccccc1. The van der Waals surface area contributed by atoms with Crippen LogP contribution in [0.1, 0.15) is 31.2 Å². The summed E-state index contributed by atoms with van der Waals surface area (Å²) < 4.78 is 13.3. The van der Waals surface area contributed by atoms with Gasteiger partial charge in [0.05, 0.1) is 19.4 Å². The summed E-state index contributed by atoms with van der Waals surface area (Å²) in [5.41, 5.74) is 2.43. The van der Waals surface area contributed by atoms with Crippen LogP contribution in [-0.2, 0) is 11.3 Å². The number of hydrogen-bond donors (Lipinski definition) is 0. The number of ether oxygens (including phenoxy) is 2. The third kappa shape index (κ3) is 6.97. The molecule has 1 aromatic heterocycles. The number of rotatable bonds is 6. The van der Waals surface area contributed by atoms with Gasteiger partial charge in [0.1, 0.15) is 6.54 Å². The number of piperazine rings is 1. The number of hydrogen-bond acceptors (Lipinski definition) is 6. The average Bonchev–Trinajstić information content (AvgIpc) is 3.60. The third-order valence-electron chi connectivity index (χ3n) is 6.45. The highest BCUT2D eigenvalue weighted by Crippen LogP contribution is 2.35. The largest absolute Gasteiger partial charge is 0.493 e.